The van der Waals surface area contributed by atoms with Gasteiger partial charge in [0, 0.05) is 72.2 Å². The van der Waals surface area contributed by atoms with E-state index in [1.165, 1.54) is 33.6 Å². The molecule has 12 nitrogen and oxygen atoms in total. The molecule has 4 heterocycles. The summed E-state index contributed by atoms with van der Waals surface area (Å²) in [6.45, 7) is 13.4. The van der Waals surface area contributed by atoms with Crippen LogP contribution in [0.5, 0.6) is 0 Å². The number of aromatic nitrogens is 8. The Morgan fingerprint density at radius 3 is 1.30 bits per heavy atom. The zero-order valence-electron chi connectivity index (χ0n) is 32.7. The molecule has 0 saturated carbocycles. The van der Waals surface area contributed by atoms with Crippen LogP contribution in [0.3, 0.4) is 0 Å². The van der Waals surface area contributed by atoms with E-state index >= 15 is 0 Å². The maximum Gasteiger partial charge on any atom is 0.347 e. The Morgan fingerprint density at radius 2 is 0.946 bits per heavy atom. The van der Waals surface area contributed by atoms with Gasteiger partial charge in [-0.25, -0.2) is 18.4 Å². The number of benzene rings is 2. The number of carbonyl (C=O) groups excluding carboxylic acids is 2. The molecule has 14 heteroatoms. The third-order valence-electron chi connectivity index (χ3n) is 9.01. The van der Waals surface area contributed by atoms with Gasteiger partial charge in [0.1, 0.15) is 34.4 Å². The van der Waals surface area contributed by atoms with Crippen molar-refractivity contribution in [3.8, 4) is 45.0 Å². The first-order valence-electron chi connectivity index (χ1n) is 18.9. The number of pyridine rings is 2. The summed E-state index contributed by atoms with van der Waals surface area (Å²) >= 11 is 0. The van der Waals surface area contributed by atoms with Gasteiger partial charge in [-0.05, 0) is 113 Å². The van der Waals surface area contributed by atoms with Crippen molar-refractivity contribution in [1.82, 2.24) is 49.8 Å². The SMILES string of the molecule is CC(C)N(C(=O)n1nnc(-c2ccc(F)cc2)c1-c1ccncc1)C(C)C.CCCCN(CCCC)C(=O)n1nnc(-c2ccc(F)cc2)c1-c1ccncc1. The van der Waals surface area contributed by atoms with Crippen LogP contribution in [0.25, 0.3) is 45.0 Å². The number of hydrogen-bond donors (Lipinski definition) is 0. The number of amides is 2. The molecule has 0 radical (unpaired) electrons. The minimum Gasteiger partial charge on any atom is -0.323 e. The van der Waals surface area contributed by atoms with Gasteiger partial charge in [-0.3, -0.25) is 9.97 Å². The van der Waals surface area contributed by atoms with Crippen LogP contribution < -0.4 is 0 Å². The molecule has 4 aromatic heterocycles. The van der Waals surface area contributed by atoms with Crippen molar-refractivity contribution in [3.63, 3.8) is 0 Å². The third kappa shape index (κ3) is 9.73. The lowest BCUT2D eigenvalue weighted by atomic mass is 10.1. The van der Waals surface area contributed by atoms with Gasteiger partial charge in [-0.2, -0.15) is 9.36 Å². The van der Waals surface area contributed by atoms with Crippen molar-refractivity contribution >= 4 is 12.1 Å². The molecule has 0 N–H and O–H groups in total. The smallest absolute Gasteiger partial charge is 0.323 e. The van der Waals surface area contributed by atoms with E-state index in [4.69, 9.17) is 0 Å². The number of halogens is 2. The van der Waals surface area contributed by atoms with Gasteiger partial charge >= 0.3 is 12.1 Å². The number of hydrogen-bond acceptors (Lipinski definition) is 8. The molecule has 0 aliphatic rings. The number of rotatable bonds is 12. The maximum atomic E-state index is 13.4. The van der Waals surface area contributed by atoms with Crippen molar-refractivity contribution in [1.29, 1.82) is 0 Å². The van der Waals surface area contributed by atoms with E-state index in [2.05, 4.69) is 44.4 Å². The highest BCUT2D eigenvalue weighted by molar-refractivity contribution is 5.88. The van der Waals surface area contributed by atoms with E-state index in [9.17, 15) is 18.4 Å². The minimum absolute atomic E-state index is 0.00117. The summed E-state index contributed by atoms with van der Waals surface area (Å²) in [5.74, 6) is -0.661. The lowest BCUT2D eigenvalue weighted by Gasteiger charge is -2.30. The second kappa shape index (κ2) is 19.4. The molecule has 292 valence electrons. The molecule has 0 saturated heterocycles. The summed E-state index contributed by atoms with van der Waals surface area (Å²) in [7, 11) is 0. The largest absolute Gasteiger partial charge is 0.347 e. The Bertz CT molecular complexity index is 2140. The summed E-state index contributed by atoms with van der Waals surface area (Å²) in [5, 5.41) is 16.8. The Morgan fingerprint density at radius 1 is 0.571 bits per heavy atom. The molecule has 0 aliphatic carbocycles. The molecule has 6 rings (SSSR count). The van der Waals surface area contributed by atoms with E-state index in [1.807, 2.05) is 44.7 Å². The highest BCUT2D eigenvalue weighted by Crippen LogP contribution is 2.32. The van der Waals surface area contributed by atoms with Gasteiger partial charge in [0.05, 0.1) is 0 Å². The third-order valence-corrected chi connectivity index (χ3v) is 9.01. The second-order valence-electron chi connectivity index (χ2n) is 13.7. The Balaban J connectivity index is 0.000000215. The van der Waals surface area contributed by atoms with Crippen molar-refractivity contribution in [2.75, 3.05) is 13.1 Å². The first-order chi connectivity index (χ1) is 27.0. The molecule has 0 unspecified atom stereocenters. The van der Waals surface area contributed by atoms with Crippen LogP contribution in [0, 0.1) is 11.6 Å². The molecule has 0 bridgehead atoms. The zero-order chi connectivity index (χ0) is 40.2. The molecule has 0 spiro atoms. The summed E-state index contributed by atoms with van der Waals surface area (Å²) in [5.41, 5.74) is 5.12. The maximum absolute atomic E-state index is 13.4. The molecule has 0 atom stereocenters. The Labute approximate surface area is 326 Å². The van der Waals surface area contributed by atoms with Crippen LogP contribution in [0.2, 0.25) is 0 Å². The highest BCUT2D eigenvalue weighted by atomic mass is 19.1. The van der Waals surface area contributed by atoms with E-state index in [1.54, 1.807) is 66.1 Å². The van der Waals surface area contributed by atoms with Gasteiger partial charge in [0.25, 0.3) is 0 Å². The van der Waals surface area contributed by atoms with Crippen LogP contribution >= 0.6 is 0 Å². The zero-order valence-corrected chi connectivity index (χ0v) is 32.7. The molecule has 6 aromatic rings. The molecular formula is C42H48F2N10O2. The average molecular weight is 763 g/mol. The standard InChI is InChI=1S/C22H26FN5O.C20H22FN5O/c1-3-5-15-27(16-6-4-2)22(29)28-21(18-11-13-24-14-12-18)20(25-26-28)17-7-9-19(23)10-8-17;1-13(2)25(14(3)4)20(27)26-19(16-9-11-22-12-10-16)18(23-24-26)15-5-7-17(21)8-6-15/h7-14H,3-6,15-16H2,1-2H3;5-14H,1-4H3. The van der Waals surface area contributed by atoms with Crippen LogP contribution in [-0.2, 0) is 0 Å². The summed E-state index contributed by atoms with van der Waals surface area (Å²) < 4.78 is 29.4. The summed E-state index contributed by atoms with van der Waals surface area (Å²) in [6, 6.07) is 18.8. The van der Waals surface area contributed by atoms with E-state index in [-0.39, 0.29) is 35.8 Å². The molecule has 2 amide bonds. The molecule has 56 heavy (non-hydrogen) atoms. The Kier molecular flexibility index (Phi) is 14.2. The van der Waals surface area contributed by atoms with Gasteiger partial charge in [-0.1, -0.05) is 37.1 Å². The first-order valence-corrected chi connectivity index (χ1v) is 18.9. The molecule has 2 aromatic carbocycles. The lowest BCUT2D eigenvalue weighted by molar-refractivity contribution is 0.163. The normalized spacial score (nSPS) is 11.0. The average Bonchev–Trinajstić information content (AvgIpc) is 3.85. The predicted octanol–water partition coefficient (Wildman–Crippen LogP) is 9.25. The topological polar surface area (TPSA) is 128 Å². The molecule has 0 aliphatic heterocycles. The number of carbonyl (C=O) groups is 2. The molecular weight excluding hydrogens is 715 g/mol. The fourth-order valence-electron chi connectivity index (χ4n) is 6.26. The van der Waals surface area contributed by atoms with Crippen LogP contribution in [0.1, 0.15) is 67.2 Å². The lowest BCUT2D eigenvalue weighted by Crippen LogP contribution is -2.45. The Hall–Kier alpha value is -6.18. The van der Waals surface area contributed by atoms with Crippen molar-refractivity contribution in [3.05, 3.63) is 109 Å². The fourth-order valence-corrected chi connectivity index (χ4v) is 6.26. The van der Waals surface area contributed by atoms with Crippen molar-refractivity contribution in [2.24, 2.45) is 0 Å². The molecule has 0 fully saturated rings. The van der Waals surface area contributed by atoms with Crippen LogP contribution in [0.4, 0.5) is 18.4 Å². The number of unbranched alkanes of at least 4 members (excludes halogenated alkanes) is 2. The highest BCUT2D eigenvalue weighted by Gasteiger charge is 2.28. The second-order valence-corrected chi connectivity index (χ2v) is 13.7. The predicted molar refractivity (Wildman–Crippen MR) is 212 cm³/mol. The van der Waals surface area contributed by atoms with Crippen LogP contribution in [0.15, 0.2) is 97.6 Å². The van der Waals surface area contributed by atoms with Gasteiger partial charge in [0.15, 0.2) is 0 Å². The van der Waals surface area contributed by atoms with E-state index in [0.717, 1.165) is 36.8 Å². The fraction of sp³-hybridized carbons (Fsp3) is 0.333. The van der Waals surface area contributed by atoms with Crippen LogP contribution in [-0.4, -0.2) is 87.0 Å². The van der Waals surface area contributed by atoms with Gasteiger partial charge < -0.3 is 9.80 Å². The first kappa shape index (κ1) is 41.0. The van der Waals surface area contributed by atoms with E-state index < -0.39 is 0 Å². The van der Waals surface area contributed by atoms with Gasteiger partial charge in [-0.15, -0.1) is 10.2 Å². The monoisotopic (exact) mass is 762 g/mol. The number of nitrogens with zero attached hydrogens (tertiary/aromatic N) is 10. The van der Waals surface area contributed by atoms with E-state index in [0.29, 0.717) is 47.0 Å². The quantitative estimate of drug-likeness (QED) is 0.121. The summed E-state index contributed by atoms with van der Waals surface area (Å²) in [6.07, 6.45) is 10.5. The van der Waals surface area contributed by atoms with Crippen molar-refractivity contribution in [2.45, 2.75) is 79.3 Å². The summed E-state index contributed by atoms with van der Waals surface area (Å²) in [4.78, 5) is 38.3. The van der Waals surface area contributed by atoms with Gasteiger partial charge in [0.2, 0.25) is 0 Å². The minimum atomic E-state index is -0.335. The van der Waals surface area contributed by atoms with Crippen molar-refractivity contribution < 1.29 is 18.4 Å².